The van der Waals surface area contributed by atoms with Gasteiger partial charge in [0, 0.05) is 38.1 Å². The maximum absolute atomic E-state index is 12.1. The molecule has 0 radical (unpaired) electrons. The van der Waals surface area contributed by atoms with E-state index in [1.54, 1.807) is 6.20 Å². The summed E-state index contributed by atoms with van der Waals surface area (Å²) in [5.41, 5.74) is 1.04. The number of rotatable bonds is 6. The number of aromatic nitrogens is 2. The quantitative estimate of drug-likeness (QED) is 0.807. The van der Waals surface area contributed by atoms with Crippen LogP contribution in [0.25, 0.3) is 0 Å². The van der Waals surface area contributed by atoms with Gasteiger partial charge in [-0.25, -0.2) is 9.97 Å². The number of nitrogens with one attached hydrogen (secondary N) is 1. The predicted molar refractivity (Wildman–Crippen MR) is 94.2 cm³/mol. The number of pyridine rings is 2. The topological polar surface area (TPSA) is 76.6 Å². The summed E-state index contributed by atoms with van der Waals surface area (Å²) in [6, 6.07) is 6.35. The molecule has 1 saturated heterocycles. The number of ether oxygens (including phenoxy) is 2. The first-order valence-electron chi connectivity index (χ1n) is 8.62. The Bertz CT molecular complexity index is 776. The van der Waals surface area contributed by atoms with Crippen molar-refractivity contribution >= 4 is 11.7 Å². The van der Waals surface area contributed by atoms with Gasteiger partial charge < -0.3 is 19.7 Å². The molecule has 0 aromatic carbocycles. The molecule has 1 N–H and O–H groups in total. The van der Waals surface area contributed by atoms with E-state index in [-0.39, 0.29) is 18.0 Å². The van der Waals surface area contributed by atoms with E-state index in [2.05, 4.69) is 24.9 Å². The number of carbonyl (C=O) groups excluding carboxylic acids is 1. The van der Waals surface area contributed by atoms with Gasteiger partial charge in [0.1, 0.15) is 5.82 Å². The lowest BCUT2D eigenvalue weighted by molar-refractivity contribution is -0.154. The molecule has 1 aliphatic rings. The number of morpholine rings is 1. The number of hydrogen-bond donors (Lipinski definition) is 1. The van der Waals surface area contributed by atoms with Crippen LogP contribution in [0.5, 0.6) is 5.88 Å². The lowest BCUT2D eigenvalue weighted by atomic mass is 10.2. The molecule has 28 heavy (non-hydrogen) atoms. The van der Waals surface area contributed by atoms with Gasteiger partial charge in [0.15, 0.2) is 6.61 Å². The Morgan fingerprint density at radius 2 is 1.93 bits per heavy atom. The molecule has 0 unspecified atom stereocenters. The van der Waals surface area contributed by atoms with Crippen LogP contribution in [0.15, 0.2) is 36.7 Å². The number of amides is 1. The van der Waals surface area contributed by atoms with Crippen LogP contribution in [0.3, 0.4) is 0 Å². The van der Waals surface area contributed by atoms with Gasteiger partial charge in [-0.05, 0) is 17.7 Å². The van der Waals surface area contributed by atoms with Crippen molar-refractivity contribution in [3.63, 3.8) is 0 Å². The third-order valence-electron chi connectivity index (χ3n) is 3.98. The Morgan fingerprint density at radius 1 is 1.14 bits per heavy atom. The van der Waals surface area contributed by atoms with Crippen LogP contribution in [0.2, 0.25) is 0 Å². The minimum absolute atomic E-state index is 0.197. The smallest absolute Gasteiger partial charge is 0.422 e. The second-order valence-electron chi connectivity index (χ2n) is 6.10. The highest BCUT2D eigenvalue weighted by atomic mass is 19.4. The number of alkyl halides is 3. The van der Waals surface area contributed by atoms with Crippen LogP contribution in [0.1, 0.15) is 15.9 Å². The molecule has 1 fully saturated rings. The molecule has 2 aromatic rings. The van der Waals surface area contributed by atoms with Crippen molar-refractivity contribution in [3.8, 4) is 5.88 Å². The summed E-state index contributed by atoms with van der Waals surface area (Å²) in [4.78, 5) is 22.4. The van der Waals surface area contributed by atoms with Gasteiger partial charge in [0.2, 0.25) is 5.88 Å². The molecule has 0 aliphatic carbocycles. The van der Waals surface area contributed by atoms with E-state index in [1.807, 2.05) is 12.1 Å². The van der Waals surface area contributed by atoms with Crippen LogP contribution in [-0.2, 0) is 11.3 Å². The standard InChI is InChI=1S/C18H19F3N4O3/c19-18(20,21)12-28-16-4-2-14(11-23-16)17(26)24-10-13-1-3-15(22-9-13)25-5-7-27-8-6-25/h1-4,9,11H,5-8,10,12H2,(H,24,26). The normalized spacial score (nSPS) is 14.6. The van der Waals surface area contributed by atoms with E-state index < -0.39 is 18.7 Å². The molecule has 0 bridgehead atoms. The largest absolute Gasteiger partial charge is 0.468 e. The van der Waals surface area contributed by atoms with E-state index in [1.165, 1.54) is 18.3 Å². The molecule has 150 valence electrons. The molecular weight excluding hydrogens is 377 g/mol. The third kappa shape index (κ3) is 5.81. The summed E-state index contributed by atoms with van der Waals surface area (Å²) in [5.74, 6) is 0.265. The van der Waals surface area contributed by atoms with Gasteiger partial charge in [0.05, 0.1) is 18.8 Å². The fourth-order valence-electron chi connectivity index (χ4n) is 2.54. The van der Waals surface area contributed by atoms with Crippen molar-refractivity contribution in [2.24, 2.45) is 0 Å². The summed E-state index contributed by atoms with van der Waals surface area (Å²) in [7, 11) is 0. The Labute approximate surface area is 159 Å². The molecule has 0 spiro atoms. The SMILES string of the molecule is O=C(NCc1ccc(N2CCOCC2)nc1)c1ccc(OCC(F)(F)F)nc1. The van der Waals surface area contributed by atoms with E-state index >= 15 is 0 Å². The number of halogens is 3. The Kier molecular flexibility index (Phi) is 6.30. The first-order valence-corrected chi connectivity index (χ1v) is 8.62. The zero-order valence-corrected chi connectivity index (χ0v) is 14.9. The van der Waals surface area contributed by atoms with Crippen molar-refractivity contribution in [1.29, 1.82) is 0 Å². The van der Waals surface area contributed by atoms with Gasteiger partial charge in [-0.1, -0.05) is 6.07 Å². The lowest BCUT2D eigenvalue weighted by Crippen LogP contribution is -2.36. The summed E-state index contributed by atoms with van der Waals surface area (Å²) >= 11 is 0. The van der Waals surface area contributed by atoms with Crippen LogP contribution >= 0.6 is 0 Å². The first kappa shape index (κ1) is 19.9. The molecule has 10 heteroatoms. The fraction of sp³-hybridized carbons (Fsp3) is 0.389. The first-order chi connectivity index (χ1) is 13.4. The molecule has 1 aliphatic heterocycles. The van der Waals surface area contributed by atoms with E-state index in [0.717, 1.165) is 24.5 Å². The summed E-state index contributed by atoms with van der Waals surface area (Å²) in [6.07, 6.45) is -1.58. The summed E-state index contributed by atoms with van der Waals surface area (Å²) in [5, 5.41) is 2.72. The maximum atomic E-state index is 12.1. The van der Waals surface area contributed by atoms with E-state index in [4.69, 9.17) is 4.74 Å². The second kappa shape index (κ2) is 8.87. The highest BCUT2D eigenvalue weighted by Crippen LogP contribution is 2.17. The number of hydrogen-bond acceptors (Lipinski definition) is 6. The highest BCUT2D eigenvalue weighted by Gasteiger charge is 2.28. The maximum Gasteiger partial charge on any atom is 0.422 e. The Morgan fingerprint density at radius 3 is 2.54 bits per heavy atom. The van der Waals surface area contributed by atoms with Crippen LogP contribution in [-0.4, -0.2) is 55.0 Å². The molecule has 2 aromatic heterocycles. The van der Waals surface area contributed by atoms with Crippen LogP contribution in [0, 0.1) is 0 Å². The van der Waals surface area contributed by atoms with Crippen molar-refractivity contribution in [3.05, 3.63) is 47.8 Å². The molecule has 0 saturated carbocycles. The van der Waals surface area contributed by atoms with E-state index in [9.17, 15) is 18.0 Å². The number of anilines is 1. The van der Waals surface area contributed by atoms with Crippen LogP contribution in [0.4, 0.5) is 19.0 Å². The molecule has 1 amide bonds. The predicted octanol–water partition coefficient (Wildman–Crippen LogP) is 2.18. The number of carbonyl (C=O) groups is 1. The average Bonchev–Trinajstić information content (AvgIpc) is 2.71. The Hall–Kier alpha value is -2.88. The van der Waals surface area contributed by atoms with Gasteiger partial charge in [-0.2, -0.15) is 13.2 Å². The average molecular weight is 396 g/mol. The van der Waals surface area contributed by atoms with Gasteiger partial charge in [-0.3, -0.25) is 4.79 Å². The van der Waals surface area contributed by atoms with Crippen molar-refractivity contribution in [1.82, 2.24) is 15.3 Å². The van der Waals surface area contributed by atoms with Crippen molar-refractivity contribution in [2.45, 2.75) is 12.7 Å². The number of nitrogens with zero attached hydrogens (tertiary/aromatic N) is 3. The molecule has 3 rings (SSSR count). The second-order valence-corrected chi connectivity index (χ2v) is 6.10. The minimum atomic E-state index is -4.44. The zero-order chi connectivity index (χ0) is 20.0. The molecule has 3 heterocycles. The van der Waals surface area contributed by atoms with Crippen LogP contribution < -0.4 is 15.0 Å². The summed E-state index contributed by atoms with van der Waals surface area (Å²) < 4.78 is 46.1. The van der Waals surface area contributed by atoms with Crippen molar-refractivity contribution < 1.29 is 27.4 Å². The molecular formula is C18H19F3N4O3. The van der Waals surface area contributed by atoms with Gasteiger partial charge in [-0.15, -0.1) is 0 Å². The fourth-order valence-corrected chi connectivity index (χ4v) is 2.54. The zero-order valence-electron chi connectivity index (χ0n) is 14.9. The van der Waals surface area contributed by atoms with Gasteiger partial charge >= 0.3 is 6.18 Å². The lowest BCUT2D eigenvalue weighted by Gasteiger charge is -2.27. The summed E-state index contributed by atoms with van der Waals surface area (Å²) in [6.45, 7) is 1.76. The third-order valence-corrected chi connectivity index (χ3v) is 3.98. The highest BCUT2D eigenvalue weighted by molar-refractivity contribution is 5.93. The van der Waals surface area contributed by atoms with Crippen molar-refractivity contribution in [2.75, 3.05) is 37.8 Å². The minimum Gasteiger partial charge on any atom is -0.468 e. The monoisotopic (exact) mass is 396 g/mol. The van der Waals surface area contributed by atoms with E-state index in [0.29, 0.717) is 13.2 Å². The molecule has 7 nitrogen and oxygen atoms in total. The van der Waals surface area contributed by atoms with Gasteiger partial charge in [0.25, 0.3) is 5.91 Å². The molecule has 0 atom stereocenters. The Balaban J connectivity index is 1.49.